The van der Waals surface area contributed by atoms with Gasteiger partial charge in [-0.15, -0.1) is 5.10 Å². The minimum absolute atomic E-state index is 0.0804. The normalized spacial score (nSPS) is 15.0. The molecular weight excluding hydrogens is 639 g/mol. The van der Waals surface area contributed by atoms with Crippen molar-refractivity contribution >= 4 is 35.3 Å². The molecule has 3 aromatic heterocycles. The second-order valence-corrected chi connectivity index (χ2v) is 12.0. The van der Waals surface area contributed by atoms with Gasteiger partial charge in [0.1, 0.15) is 17.7 Å². The summed E-state index contributed by atoms with van der Waals surface area (Å²) in [6.45, 7) is 9.39. The number of carbonyl (C=O) groups is 2. The summed E-state index contributed by atoms with van der Waals surface area (Å²) in [5, 5.41) is 7.36. The van der Waals surface area contributed by atoms with Crippen molar-refractivity contribution in [1.82, 2.24) is 29.0 Å². The Kier molecular flexibility index (Phi) is 10.9. The fraction of sp³-hybridized carbons (Fsp3) is 0.471. The maximum Gasteiger partial charge on any atom is 0.416 e. The molecule has 5 heterocycles. The van der Waals surface area contributed by atoms with Gasteiger partial charge in [0, 0.05) is 58.2 Å². The van der Waals surface area contributed by atoms with Crippen molar-refractivity contribution in [3.8, 4) is 0 Å². The Balaban J connectivity index is 0.000000304. The monoisotopic (exact) mass is 681 g/mol. The van der Waals surface area contributed by atoms with E-state index in [0.29, 0.717) is 67.0 Å². The third kappa shape index (κ3) is 7.39. The van der Waals surface area contributed by atoms with Crippen LogP contribution in [-0.4, -0.2) is 87.6 Å². The van der Waals surface area contributed by atoms with E-state index < -0.39 is 11.7 Å². The Morgan fingerprint density at radius 1 is 1.00 bits per heavy atom. The Labute approximate surface area is 282 Å². The molecule has 2 aliphatic heterocycles. The number of fused-ring (bicyclic) bond motifs is 1. The highest BCUT2D eigenvalue weighted by atomic mass is 19.4. The van der Waals surface area contributed by atoms with Gasteiger partial charge in [0.05, 0.1) is 17.8 Å². The number of nitrogens with zero attached hydrogens (tertiary/aromatic N) is 8. The Morgan fingerprint density at radius 3 is 2.31 bits per heavy atom. The maximum atomic E-state index is 13.7. The van der Waals surface area contributed by atoms with Crippen LogP contribution in [0, 0.1) is 6.92 Å². The first-order valence-corrected chi connectivity index (χ1v) is 16.6. The van der Waals surface area contributed by atoms with E-state index in [9.17, 15) is 27.6 Å². The summed E-state index contributed by atoms with van der Waals surface area (Å²) in [4.78, 5) is 53.4. The average molecular weight is 682 g/mol. The molecule has 12 nitrogen and oxygen atoms in total. The van der Waals surface area contributed by atoms with Crippen LogP contribution in [0.4, 0.5) is 30.5 Å². The Bertz CT molecular complexity index is 1860. The number of hydrogen-bond donors (Lipinski definition) is 1. The molecule has 15 heteroatoms. The van der Waals surface area contributed by atoms with Crippen molar-refractivity contribution in [2.75, 3.05) is 61.4 Å². The van der Waals surface area contributed by atoms with Gasteiger partial charge >= 0.3 is 6.18 Å². The first-order chi connectivity index (χ1) is 23.5. The summed E-state index contributed by atoms with van der Waals surface area (Å²) in [6, 6.07) is 7.41. The van der Waals surface area contributed by atoms with E-state index in [1.54, 1.807) is 29.6 Å². The van der Waals surface area contributed by atoms with Crippen molar-refractivity contribution in [3.63, 3.8) is 0 Å². The predicted molar refractivity (Wildman–Crippen MR) is 182 cm³/mol. The number of carbonyl (C=O) groups excluding carboxylic acids is 2. The fourth-order valence-corrected chi connectivity index (χ4v) is 6.39. The highest BCUT2D eigenvalue weighted by Crippen LogP contribution is 2.31. The molecule has 4 aromatic rings. The third-order valence-corrected chi connectivity index (χ3v) is 8.98. The van der Waals surface area contributed by atoms with Gasteiger partial charge in [-0.2, -0.15) is 22.7 Å². The third-order valence-electron chi connectivity index (χ3n) is 8.98. The van der Waals surface area contributed by atoms with Crippen LogP contribution in [0.3, 0.4) is 0 Å². The number of halogens is 3. The van der Waals surface area contributed by atoms with Gasteiger partial charge < -0.3 is 29.4 Å². The van der Waals surface area contributed by atoms with Gasteiger partial charge in [-0.25, -0.2) is 0 Å². The lowest BCUT2D eigenvalue weighted by Crippen LogP contribution is -2.51. The summed E-state index contributed by atoms with van der Waals surface area (Å²) in [7, 11) is 1.68. The molecule has 49 heavy (non-hydrogen) atoms. The molecule has 0 spiro atoms. The van der Waals surface area contributed by atoms with Gasteiger partial charge in [-0.3, -0.25) is 14.6 Å². The number of rotatable bonds is 8. The Hall–Kier alpha value is -4.95. The molecule has 0 atom stereocenters. The average Bonchev–Trinajstić information content (AvgIpc) is 3.80. The minimum atomic E-state index is -4.25. The number of aryl methyl sites for hydroxylation is 2. The lowest BCUT2D eigenvalue weighted by molar-refractivity contribution is -0.137. The van der Waals surface area contributed by atoms with Gasteiger partial charge in [-0.1, -0.05) is 19.9 Å². The minimum Gasteiger partial charge on any atom is -0.388 e. The molecule has 6 rings (SSSR count). The zero-order valence-electron chi connectivity index (χ0n) is 28.3. The summed E-state index contributed by atoms with van der Waals surface area (Å²) in [6.07, 6.45) is 1.66. The smallest absolute Gasteiger partial charge is 0.388 e. The molecular formula is C34H42F3N9O3. The van der Waals surface area contributed by atoms with Crippen LogP contribution in [0.1, 0.15) is 59.6 Å². The number of aromatic nitrogens is 5. The van der Waals surface area contributed by atoms with Crippen molar-refractivity contribution in [1.29, 1.82) is 0 Å². The summed E-state index contributed by atoms with van der Waals surface area (Å²) in [5.74, 6) is 0.842. The van der Waals surface area contributed by atoms with Gasteiger partial charge in [0.2, 0.25) is 11.7 Å². The molecule has 1 amide bonds. The van der Waals surface area contributed by atoms with Crippen LogP contribution in [0.25, 0.3) is 5.78 Å². The summed E-state index contributed by atoms with van der Waals surface area (Å²) in [5.41, 5.74) is 3.19. The van der Waals surface area contributed by atoms with Gasteiger partial charge in [-0.05, 0) is 68.0 Å². The second kappa shape index (κ2) is 15.1. The van der Waals surface area contributed by atoms with Crippen molar-refractivity contribution in [2.24, 2.45) is 0 Å². The van der Waals surface area contributed by atoms with Crippen LogP contribution in [0.15, 0.2) is 41.3 Å². The van der Waals surface area contributed by atoms with E-state index >= 15 is 0 Å². The highest BCUT2D eigenvalue weighted by Gasteiger charge is 2.31. The van der Waals surface area contributed by atoms with E-state index in [1.807, 2.05) is 30.9 Å². The first-order valence-electron chi connectivity index (χ1n) is 16.6. The molecule has 0 unspecified atom stereocenters. The molecule has 0 aliphatic carbocycles. The maximum absolute atomic E-state index is 13.7. The van der Waals surface area contributed by atoms with Crippen LogP contribution < -0.4 is 20.7 Å². The van der Waals surface area contributed by atoms with E-state index in [4.69, 9.17) is 0 Å². The zero-order chi connectivity index (χ0) is 35.3. The summed E-state index contributed by atoms with van der Waals surface area (Å²) < 4.78 is 39.7. The number of nitrogens with one attached hydrogen (secondary N) is 1. The Morgan fingerprint density at radius 2 is 1.71 bits per heavy atom. The number of pyridine rings is 1. The lowest BCUT2D eigenvalue weighted by atomic mass is 10.1. The molecule has 2 fully saturated rings. The number of anilines is 3. The fourth-order valence-electron chi connectivity index (χ4n) is 6.39. The van der Waals surface area contributed by atoms with Crippen LogP contribution in [0.5, 0.6) is 0 Å². The van der Waals surface area contributed by atoms with E-state index in [1.165, 1.54) is 10.6 Å². The second-order valence-electron chi connectivity index (χ2n) is 12.0. The van der Waals surface area contributed by atoms with Crippen molar-refractivity contribution < 1.29 is 22.8 Å². The number of alkyl halides is 3. The van der Waals surface area contributed by atoms with Crippen LogP contribution in [0.2, 0.25) is 0 Å². The SMILES string of the molecule is CCc1cccnc1C(=O)N1CCN(c2c(CC)n(CC=O)c3nc(N4CCCC4)nn3c2=O)CC1.CNc1ccc(C(F)(F)F)cc1C. The van der Waals surface area contributed by atoms with Crippen molar-refractivity contribution in [2.45, 2.75) is 59.2 Å². The number of amides is 1. The molecule has 0 radical (unpaired) electrons. The first kappa shape index (κ1) is 35.4. The molecule has 1 N–H and O–H groups in total. The van der Waals surface area contributed by atoms with Crippen LogP contribution >= 0.6 is 0 Å². The quantitative estimate of drug-likeness (QED) is 0.273. The number of aldehydes is 1. The molecule has 2 aliphatic rings. The van der Waals surface area contributed by atoms with E-state index in [-0.39, 0.29) is 18.0 Å². The molecule has 0 saturated carbocycles. The highest BCUT2D eigenvalue weighted by molar-refractivity contribution is 5.94. The van der Waals surface area contributed by atoms with E-state index in [0.717, 1.165) is 62.0 Å². The number of piperazine rings is 1. The number of hydrogen-bond acceptors (Lipinski definition) is 9. The predicted octanol–water partition coefficient (Wildman–Crippen LogP) is 4.23. The van der Waals surface area contributed by atoms with Crippen molar-refractivity contribution in [3.05, 3.63) is 75.0 Å². The van der Waals surface area contributed by atoms with Gasteiger partial charge in [0.25, 0.3) is 11.5 Å². The largest absolute Gasteiger partial charge is 0.416 e. The van der Waals surface area contributed by atoms with E-state index in [2.05, 4.69) is 25.3 Å². The topological polar surface area (TPSA) is 121 Å². The summed E-state index contributed by atoms with van der Waals surface area (Å²) >= 11 is 0. The molecule has 2 saturated heterocycles. The molecule has 1 aromatic carbocycles. The number of benzene rings is 1. The van der Waals surface area contributed by atoms with Crippen LogP contribution in [-0.2, 0) is 30.4 Å². The lowest BCUT2D eigenvalue weighted by Gasteiger charge is -2.36. The molecule has 262 valence electrons. The van der Waals surface area contributed by atoms with Gasteiger partial charge in [0.15, 0.2) is 0 Å². The molecule has 0 bridgehead atoms. The standard InChI is InChI=1S/C25H32N8O3.C9H10F3N/c1-3-18-8-7-9-26-20(18)22(35)30-14-12-29(13-15-30)21-19(4-2)32(16-17-34)25-27-24(28-33(25)23(21)36)31-10-5-6-11-31;1-6-5-7(9(10,11)12)3-4-8(6)13-2/h7-9,17H,3-6,10-16H2,1-2H3;3-5,13H,1-2H3. The zero-order valence-corrected chi connectivity index (χ0v) is 28.3.